The van der Waals surface area contributed by atoms with Gasteiger partial charge in [0, 0.05) is 18.0 Å². The summed E-state index contributed by atoms with van der Waals surface area (Å²) in [6, 6.07) is 11.4. The van der Waals surface area contributed by atoms with Crippen LogP contribution in [0.2, 0.25) is 0 Å². The van der Waals surface area contributed by atoms with E-state index < -0.39 is 0 Å². The van der Waals surface area contributed by atoms with E-state index in [-0.39, 0.29) is 0 Å². The molecule has 0 spiro atoms. The Labute approximate surface area is 109 Å². The minimum absolute atomic E-state index is 0.393. The fraction of sp³-hybridized carbons (Fsp3) is 0.0769. The first-order chi connectivity index (χ1) is 9.42. The lowest BCUT2D eigenvalue weighted by atomic mass is 10.2. The van der Waals surface area contributed by atoms with Crippen molar-refractivity contribution in [3.63, 3.8) is 0 Å². The van der Waals surface area contributed by atoms with E-state index in [0.717, 1.165) is 5.56 Å². The smallest absolute Gasteiger partial charge is 0.247 e. The Morgan fingerprint density at radius 3 is 2.53 bits per heavy atom. The minimum Gasteiger partial charge on any atom is -0.419 e. The Kier molecular flexibility index (Phi) is 3.14. The Balaban J connectivity index is 1.69. The van der Waals surface area contributed by atoms with Gasteiger partial charge < -0.3 is 9.73 Å². The van der Waals surface area contributed by atoms with Crippen molar-refractivity contribution in [3.8, 4) is 11.5 Å². The molecule has 3 aromatic rings. The first-order valence-electron chi connectivity index (χ1n) is 5.80. The highest BCUT2D eigenvalue weighted by atomic mass is 16.4. The van der Waals surface area contributed by atoms with E-state index in [4.69, 9.17) is 4.42 Å². The van der Waals surface area contributed by atoms with Crippen molar-refractivity contribution in [1.82, 2.24) is 20.2 Å². The lowest BCUT2D eigenvalue weighted by Crippen LogP contribution is -2.02. The Bertz CT molecular complexity index is 638. The number of nitrogens with zero attached hydrogens (tertiary/aromatic N) is 4. The first kappa shape index (κ1) is 11.3. The van der Waals surface area contributed by atoms with E-state index in [1.165, 1.54) is 0 Å². The van der Waals surface area contributed by atoms with Crippen molar-refractivity contribution in [2.45, 2.75) is 6.54 Å². The normalized spacial score (nSPS) is 10.3. The van der Waals surface area contributed by atoms with Crippen LogP contribution in [0.4, 0.5) is 5.95 Å². The summed E-state index contributed by atoms with van der Waals surface area (Å²) in [5, 5.41) is 11.0. The number of anilines is 1. The molecule has 0 saturated heterocycles. The van der Waals surface area contributed by atoms with Gasteiger partial charge in [-0.3, -0.25) is 0 Å². The topological polar surface area (TPSA) is 76.7 Å². The monoisotopic (exact) mass is 253 g/mol. The lowest BCUT2D eigenvalue weighted by Gasteiger charge is -1.99. The maximum Gasteiger partial charge on any atom is 0.247 e. The van der Waals surface area contributed by atoms with Crippen LogP contribution in [0.15, 0.2) is 53.2 Å². The molecular weight excluding hydrogens is 242 g/mol. The number of nitrogens with one attached hydrogen (secondary N) is 1. The van der Waals surface area contributed by atoms with Gasteiger partial charge in [0.05, 0.1) is 6.54 Å². The lowest BCUT2D eigenvalue weighted by molar-refractivity contribution is 0.514. The second-order valence-electron chi connectivity index (χ2n) is 3.79. The quantitative estimate of drug-likeness (QED) is 0.767. The summed E-state index contributed by atoms with van der Waals surface area (Å²) >= 11 is 0. The van der Waals surface area contributed by atoms with Gasteiger partial charge >= 0.3 is 0 Å². The predicted octanol–water partition coefficient (Wildman–Crippen LogP) is 2.14. The molecule has 19 heavy (non-hydrogen) atoms. The molecule has 1 aromatic carbocycles. The molecule has 6 heteroatoms. The summed E-state index contributed by atoms with van der Waals surface area (Å²) in [7, 11) is 0. The molecule has 3 rings (SSSR count). The van der Waals surface area contributed by atoms with Gasteiger partial charge in [-0.05, 0) is 18.2 Å². The second-order valence-corrected chi connectivity index (χ2v) is 3.79. The Morgan fingerprint density at radius 1 is 0.947 bits per heavy atom. The van der Waals surface area contributed by atoms with Crippen LogP contribution >= 0.6 is 0 Å². The van der Waals surface area contributed by atoms with Crippen LogP contribution in [0, 0.1) is 0 Å². The summed E-state index contributed by atoms with van der Waals surface area (Å²) in [5.41, 5.74) is 0.900. The van der Waals surface area contributed by atoms with Crippen LogP contribution in [-0.2, 0) is 6.54 Å². The van der Waals surface area contributed by atoms with E-state index in [1.54, 1.807) is 18.5 Å². The zero-order valence-electron chi connectivity index (χ0n) is 10.0. The van der Waals surface area contributed by atoms with Crippen LogP contribution < -0.4 is 5.32 Å². The van der Waals surface area contributed by atoms with Gasteiger partial charge in [0.2, 0.25) is 17.7 Å². The van der Waals surface area contributed by atoms with E-state index in [2.05, 4.69) is 25.5 Å². The third-order valence-corrected chi connectivity index (χ3v) is 2.45. The molecule has 0 unspecified atom stereocenters. The molecule has 0 bridgehead atoms. The van der Waals surface area contributed by atoms with E-state index >= 15 is 0 Å². The molecule has 0 aliphatic rings. The predicted molar refractivity (Wildman–Crippen MR) is 69.1 cm³/mol. The number of hydrogen-bond acceptors (Lipinski definition) is 6. The highest BCUT2D eigenvalue weighted by Gasteiger charge is 2.07. The molecule has 0 atom stereocenters. The van der Waals surface area contributed by atoms with Crippen LogP contribution in [0.1, 0.15) is 5.89 Å². The van der Waals surface area contributed by atoms with Gasteiger partial charge in [-0.1, -0.05) is 18.2 Å². The Hall–Kier alpha value is -2.76. The zero-order valence-corrected chi connectivity index (χ0v) is 10.0. The third kappa shape index (κ3) is 2.74. The van der Waals surface area contributed by atoms with Crippen molar-refractivity contribution in [2.24, 2.45) is 0 Å². The standard InChI is InChI=1S/C13H11N5O/c1-2-5-10(6-3-1)12-18-17-11(19-12)9-16-13-14-7-4-8-15-13/h1-8H,9H2,(H,14,15,16). The average molecular weight is 253 g/mol. The number of benzene rings is 1. The van der Waals surface area contributed by atoms with Crippen LogP contribution in [0.25, 0.3) is 11.5 Å². The van der Waals surface area contributed by atoms with Crippen LogP contribution in [-0.4, -0.2) is 20.2 Å². The van der Waals surface area contributed by atoms with Crippen molar-refractivity contribution < 1.29 is 4.42 Å². The molecule has 2 aromatic heterocycles. The molecule has 2 heterocycles. The van der Waals surface area contributed by atoms with Gasteiger partial charge in [-0.2, -0.15) is 0 Å². The molecule has 0 amide bonds. The maximum atomic E-state index is 5.55. The Morgan fingerprint density at radius 2 is 1.74 bits per heavy atom. The molecule has 0 saturated carbocycles. The van der Waals surface area contributed by atoms with E-state index in [9.17, 15) is 0 Å². The fourth-order valence-electron chi connectivity index (χ4n) is 1.57. The van der Waals surface area contributed by atoms with Gasteiger partial charge in [0.1, 0.15) is 0 Å². The summed E-state index contributed by atoms with van der Waals surface area (Å²) in [5.74, 6) is 1.53. The van der Waals surface area contributed by atoms with Crippen LogP contribution in [0.3, 0.4) is 0 Å². The van der Waals surface area contributed by atoms with Crippen molar-refractivity contribution in [2.75, 3.05) is 5.32 Å². The third-order valence-electron chi connectivity index (χ3n) is 2.45. The molecule has 94 valence electrons. The molecule has 0 aliphatic heterocycles. The number of rotatable bonds is 4. The zero-order chi connectivity index (χ0) is 12.9. The molecule has 0 fully saturated rings. The highest BCUT2D eigenvalue weighted by Crippen LogP contribution is 2.16. The summed E-state index contributed by atoms with van der Waals surface area (Å²) < 4.78 is 5.55. The van der Waals surface area contributed by atoms with Crippen molar-refractivity contribution in [3.05, 3.63) is 54.7 Å². The fourth-order valence-corrected chi connectivity index (χ4v) is 1.57. The summed E-state index contributed by atoms with van der Waals surface area (Å²) in [6.07, 6.45) is 3.33. The average Bonchev–Trinajstić information content (AvgIpc) is 2.96. The summed E-state index contributed by atoms with van der Waals surface area (Å²) in [6.45, 7) is 0.393. The molecule has 6 nitrogen and oxygen atoms in total. The van der Waals surface area contributed by atoms with Gasteiger partial charge in [0.25, 0.3) is 0 Å². The van der Waals surface area contributed by atoms with Gasteiger partial charge in [-0.25, -0.2) is 9.97 Å². The summed E-state index contributed by atoms with van der Waals surface area (Å²) in [4.78, 5) is 8.09. The number of aromatic nitrogens is 4. The highest BCUT2D eigenvalue weighted by molar-refractivity contribution is 5.51. The van der Waals surface area contributed by atoms with E-state index in [0.29, 0.717) is 24.3 Å². The van der Waals surface area contributed by atoms with Gasteiger partial charge in [-0.15, -0.1) is 10.2 Å². The van der Waals surface area contributed by atoms with Gasteiger partial charge in [0.15, 0.2) is 0 Å². The molecule has 1 N–H and O–H groups in total. The molecule has 0 radical (unpaired) electrons. The number of hydrogen-bond donors (Lipinski definition) is 1. The molecule has 0 aliphatic carbocycles. The SMILES string of the molecule is c1ccc(-c2nnc(CNc3ncccn3)o2)cc1. The maximum absolute atomic E-state index is 5.55. The second kappa shape index (κ2) is 5.26. The van der Waals surface area contributed by atoms with Crippen molar-refractivity contribution >= 4 is 5.95 Å². The van der Waals surface area contributed by atoms with E-state index in [1.807, 2.05) is 30.3 Å². The van der Waals surface area contributed by atoms with Crippen molar-refractivity contribution in [1.29, 1.82) is 0 Å². The first-order valence-corrected chi connectivity index (χ1v) is 5.80. The molecular formula is C13H11N5O. The van der Waals surface area contributed by atoms with Crippen LogP contribution in [0.5, 0.6) is 0 Å². The largest absolute Gasteiger partial charge is 0.419 e. The minimum atomic E-state index is 0.393.